The van der Waals surface area contributed by atoms with Gasteiger partial charge >= 0.3 is 5.97 Å². The number of nitrogens with zero attached hydrogens (tertiary/aromatic N) is 1. The Morgan fingerprint density at radius 1 is 0.879 bits per heavy atom. The number of rotatable bonds is 21. The first-order chi connectivity index (χ1) is 15.8. The van der Waals surface area contributed by atoms with E-state index >= 15 is 0 Å². The summed E-state index contributed by atoms with van der Waals surface area (Å²) in [5.41, 5.74) is 0. The number of nitrogens with one attached hydrogen (secondary N) is 1. The van der Waals surface area contributed by atoms with Crippen LogP contribution < -0.4 is 5.32 Å². The van der Waals surface area contributed by atoms with Crippen molar-refractivity contribution in [1.82, 2.24) is 10.2 Å². The van der Waals surface area contributed by atoms with Crippen LogP contribution in [0.5, 0.6) is 0 Å². The predicted octanol–water partition coefficient (Wildman–Crippen LogP) is 1.51. The van der Waals surface area contributed by atoms with Crippen LogP contribution in [0.25, 0.3) is 0 Å². The fourth-order valence-corrected chi connectivity index (χ4v) is 3.73. The third-order valence-electron chi connectivity index (χ3n) is 5.08. The Morgan fingerprint density at radius 2 is 1.33 bits per heavy atom. The molecule has 1 amide bonds. The van der Waals surface area contributed by atoms with E-state index < -0.39 is 23.2 Å². The Labute approximate surface area is 203 Å². The number of carboxylic acid groups (broad SMARTS) is 1. The number of carbonyl (C=O) groups excluding carboxylic acids is 1. The van der Waals surface area contributed by atoms with E-state index in [9.17, 15) is 14.1 Å². The van der Waals surface area contributed by atoms with Crippen molar-refractivity contribution in [2.24, 2.45) is 0 Å². The Morgan fingerprint density at radius 3 is 1.73 bits per heavy atom. The van der Waals surface area contributed by atoms with Gasteiger partial charge in [0.05, 0.1) is 26.1 Å². The van der Waals surface area contributed by atoms with Crippen molar-refractivity contribution in [3.8, 4) is 0 Å². The molecule has 0 spiro atoms. The topological polar surface area (TPSA) is 153 Å². The number of aliphatic hydroxyl groups excluding tert-OH is 3. The summed E-state index contributed by atoms with van der Waals surface area (Å²) in [6.07, 6.45) is 12.7. The van der Waals surface area contributed by atoms with Crippen LogP contribution in [0, 0.1) is 0 Å². The fraction of sp³-hybridized carbons (Fsp3) is 0.913. The van der Waals surface area contributed by atoms with Gasteiger partial charge in [-0.3, -0.25) is 9.69 Å². The highest BCUT2D eigenvalue weighted by atomic mass is 32.2. The number of carboxylic acids is 1. The molecule has 2 atom stereocenters. The number of carbonyl (C=O) groups is 2. The first-order valence-electron chi connectivity index (χ1n) is 12.2. The van der Waals surface area contributed by atoms with Crippen LogP contribution >= 0.6 is 0 Å². The van der Waals surface area contributed by atoms with Crippen molar-refractivity contribution in [2.75, 3.05) is 51.5 Å². The first-order valence-corrected chi connectivity index (χ1v) is 13.9. The number of aliphatic hydroxyl groups is 3. The molecule has 10 heteroatoms. The van der Waals surface area contributed by atoms with E-state index in [2.05, 4.69) is 12.2 Å². The van der Waals surface area contributed by atoms with Gasteiger partial charge in [0.15, 0.2) is 0 Å². The monoisotopic (exact) mass is 496 g/mol. The van der Waals surface area contributed by atoms with Crippen molar-refractivity contribution in [3.63, 3.8) is 0 Å². The highest BCUT2D eigenvalue weighted by Crippen LogP contribution is 2.10. The van der Waals surface area contributed by atoms with Gasteiger partial charge in [-0.05, 0) is 6.42 Å². The third-order valence-corrected chi connectivity index (χ3v) is 5.89. The van der Waals surface area contributed by atoms with E-state index in [-0.39, 0.29) is 37.9 Å². The van der Waals surface area contributed by atoms with Crippen LogP contribution in [0.2, 0.25) is 0 Å². The average Bonchev–Trinajstić information content (AvgIpc) is 2.76. The van der Waals surface area contributed by atoms with Gasteiger partial charge in [-0.15, -0.1) is 0 Å². The van der Waals surface area contributed by atoms with Gasteiger partial charge in [0.2, 0.25) is 5.91 Å². The van der Waals surface area contributed by atoms with Gasteiger partial charge in [0.25, 0.3) is 0 Å². The minimum atomic E-state index is -1.06. The highest BCUT2D eigenvalue weighted by Gasteiger charge is 2.21. The van der Waals surface area contributed by atoms with Crippen molar-refractivity contribution in [2.45, 2.75) is 83.6 Å². The lowest BCUT2D eigenvalue weighted by atomic mass is 10.1. The second-order valence-corrected chi connectivity index (χ2v) is 9.67. The maximum absolute atomic E-state index is 11.8. The molecule has 0 aromatic carbocycles. The van der Waals surface area contributed by atoms with Crippen LogP contribution in [-0.4, -0.2) is 99.3 Å². The number of unbranched alkanes of at least 4 members (excludes halogenated alkanes) is 8. The number of hydrogen-bond donors (Lipinski definition) is 5. The summed E-state index contributed by atoms with van der Waals surface area (Å²) in [5.74, 6) is -0.993. The minimum absolute atomic E-state index is 0.0694. The standard InChI is InChI=1S/C17H33NO4S.C6H15NO3/c1-3-4-5-6-7-8-9-10-11-12-16(19)18-15(17(20)21)13-14-23(2)22;8-4-1-7(2-5-9)3-6-10/h15H,3-14H2,1-2H3,(H,18,19)(H,20,21);8-10H,1-6H2/t15-,23?;/m0./s1. The van der Waals surface area contributed by atoms with Gasteiger partial charge in [-0.25, -0.2) is 4.79 Å². The highest BCUT2D eigenvalue weighted by molar-refractivity contribution is 7.90. The molecule has 198 valence electrons. The zero-order valence-electron chi connectivity index (χ0n) is 20.7. The molecule has 0 heterocycles. The Kier molecular flexibility index (Phi) is 26.7. The van der Waals surface area contributed by atoms with Gasteiger partial charge < -0.3 is 30.3 Å². The molecule has 0 fully saturated rings. The van der Waals surface area contributed by atoms with Crippen LogP contribution in [0.15, 0.2) is 0 Å². The second-order valence-electron chi connectivity index (χ2n) is 8.12. The normalized spacial score (nSPS) is 12.7. The van der Waals surface area contributed by atoms with Gasteiger partial charge in [0, 0.05) is 32.5 Å². The Bertz CT molecular complexity index is 442. The zero-order chi connectivity index (χ0) is 25.3. The summed E-state index contributed by atoms with van der Waals surface area (Å²) in [4.78, 5) is 24.6. The molecule has 0 saturated heterocycles. The molecule has 0 aliphatic heterocycles. The molecule has 0 aliphatic rings. The number of amides is 1. The SMILES string of the molecule is CCCCCCCCCCCC(=O)N[C@@H](CC[S+](C)[O-])C(=O)O.OCCN(CCO)CCO. The summed E-state index contributed by atoms with van der Waals surface area (Å²) in [6, 6.07) is -0.926. The van der Waals surface area contributed by atoms with Crippen LogP contribution in [0.4, 0.5) is 0 Å². The van der Waals surface area contributed by atoms with E-state index in [4.69, 9.17) is 20.4 Å². The van der Waals surface area contributed by atoms with E-state index in [0.29, 0.717) is 26.1 Å². The van der Waals surface area contributed by atoms with Crippen LogP contribution in [0.1, 0.15) is 77.6 Å². The lowest BCUT2D eigenvalue weighted by molar-refractivity contribution is -0.141. The van der Waals surface area contributed by atoms with E-state index in [0.717, 1.165) is 19.3 Å². The molecule has 0 saturated carbocycles. The summed E-state index contributed by atoms with van der Waals surface area (Å²) in [7, 11) is 0. The van der Waals surface area contributed by atoms with Gasteiger partial charge in [-0.2, -0.15) is 0 Å². The maximum atomic E-state index is 11.8. The van der Waals surface area contributed by atoms with E-state index in [1.165, 1.54) is 44.8 Å². The zero-order valence-corrected chi connectivity index (χ0v) is 21.5. The summed E-state index contributed by atoms with van der Waals surface area (Å²) in [6.45, 7) is 3.96. The summed E-state index contributed by atoms with van der Waals surface area (Å²) in [5, 5.41) is 37.0. The molecule has 33 heavy (non-hydrogen) atoms. The molecule has 0 aromatic rings. The van der Waals surface area contributed by atoms with Crippen molar-refractivity contribution >= 4 is 23.1 Å². The van der Waals surface area contributed by atoms with Crippen molar-refractivity contribution in [3.05, 3.63) is 0 Å². The molecule has 0 radical (unpaired) electrons. The number of aliphatic carboxylic acids is 1. The molecule has 9 nitrogen and oxygen atoms in total. The third kappa shape index (κ3) is 25.5. The number of hydrogen-bond acceptors (Lipinski definition) is 7. The van der Waals surface area contributed by atoms with Crippen LogP contribution in [-0.2, 0) is 20.8 Å². The lowest BCUT2D eigenvalue weighted by Gasteiger charge is -2.17. The summed E-state index contributed by atoms with van der Waals surface area (Å²) >= 11 is -1.04. The van der Waals surface area contributed by atoms with E-state index in [1.807, 2.05) is 0 Å². The molecular weight excluding hydrogens is 448 g/mol. The molecule has 5 N–H and O–H groups in total. The quantitative estimate of drug-likeness (QED) is 0.118. The lowest BCUT2D eigenvalue weighted by Crippen LogP contribution is -2.41. The minimum Gasteiger partial charge on any atom is -0.617 e. The predicted molar refractivity (Wildman–Crippen MR) is 133 cm³/mol. The second kappa shape index (κ2) is 25.7. The van der Waals surface area contributed by atoms with Crippen LogP contribution in [0.3, 0.4) is 0 Å². The van der Waals surface area contributed by atoms with Crippen molar-refractivity contribution in [1.29, 1.82) is 0 Å². The van der Waals surface area contributed by atoms with Gasteiger partial charge in [0.1, 0.15) is 11.8 Å². The Balaban J connectivity index is 0. The molecule has 0 rings (SSSR count). The van der Waals surface area contributed by atoms with E-state index in [1.54, 1.807) is 4.90 Å². The largest absolute Gasteiger partial charge is 0.617 e. The van der Waals surface area contributed by atoms with Gasteiger partial charge in [-0.1, -0.05) is 69.5 Å². The summed E-state index contributed by atoms with van der Waals surface area (Å²) < 4.78 is 11.0. The first kappa shape index (κ1) is 34.3. The smallest absolute Gasteiger partial charge is 0.326 e. The molecule has 0 bridgehead atoms. The molecule has 0 aliphatic carbocycles. The van der Waals surface area contributed by atoms with Crippen molar-refractivity contribution < 1.29 is 34.6 Å². The molecule has 0 aromatic heterocycles. The maximum Gasteiger partial charge on any atom is 0.326 e. The molecule has 1 unspecified atom stereocenters. The molecular formula is C23H48N2O7S. The Hall–Kier alpha value is -0.910. The fourth-order valence-electron chi connectivity index (χ4n) is 3.16. The average molecular weight is 497 g/mol.